The Bertz CT molecular complexity index is 419. The minimum atomic E-state index is -0.781. The second kappa shape index (κ2) is 4.12. The summed E-state index contributed by atoms with van der Waals surface area (Å²) in [6, 6.07) is 4.80. The van der Waals surface area contributed by atoms with Crippen molar-refractivity contribution in [2.24, 2.45) is 5.92 Å². The van der Waals surface area contributed by atoms with Gasteiger partial charge >= 0.3 is 5.97 Å². The third kappa shape index (κ3) is 2.01. The van der Waals surface area contributed by atoms with E-state index in [2.05, 4.69) is 5.32 Å². The van der Waals surface area contributed by atoms with Gasteiger partial charge in [0.05, 0.1) is 5.92 Å². The van der Waals surface area contributed by atoms with Gasteiger partial charge in [0, 0.05) is 11.7 Å². The largest absolute Gasteiger partial charge is 0.481 e. The summed E-state index contributed by atoms with van der Waals surface area (Å²) in [5.74, 6) is -1.39. The topological polar surface area (TPSA) is 49.3 Å². The van der Waals surface area contributed by atoms with Gasteiger partial charge in [-0.05, 0) is 37.5 Å². The Morgan fingerprint density at radius 1 is 1.50 bits per heavy atom. The number of carbonyl (C=O) groups is 1. The van der Waals surface area contributed by atoms with E-state index >= 15 is 0 Å². The van der Waals surface area contributed by atoms with Crippen molar-refractivity contribution in [2.45, 2.75) is 25.8 Å². The highest BCUT2D eigenvalue weighted by atomic mass is 19.1. The Morgan fingerprint density at radius 2 is 2.25 bits per heavy atom. The molecule has 4 heteroatoms. The molecule has 86 valence electrons. The molecule has 1 saturated carbocycles. The molecule has 1 aliphatic carbocycles. The van der Waals surface area contributed by atoms with Crippen LogP contribution in [0.4, 0.5) is 10.1 Å². The highest BCUT2D eigenvalue weighted by Gasteiger charge is 2.36. The summed E-state index contributed by atoms with van der Waals surface area (Å²) < 4.78 is 13.3. The van der Waals surface area contributed by atoms with Gasteiger partial charge < -0.3 is 10.4 Å². The van der Waals surface area contributed by atoms with E-state index in [0.717, 1.165) is 6.42 Å². The molecule has 2 rings (SSSR count). The van der Waals surface area contributed by atoms with Crippen molar-refractivity contribution in [3.05, 3.63) is 29.6 Å². The minimum Gasteiger partial charge on any atom is -0.481 e. The van der Waals surface area contributed by atoms with Gasteiger partial charge in [0.2, 0.25) is 0 Å². The molecule has 1 aromatic rings. The summed E-state index contributed by atoms with van der Waals surface area (Å²) in [5, 5.41) is 11.9. The van der Waals surface area contributed by atoms with Crippen molar-refractivity contribution >= 4 is 11.7 Å². The Morgan fingerprint density at radius 3 is 2.75 bits per heavy atom. The van der Waals surface area contributed by atoms with Crippen LogP contribution in [0.5, 0.6) is 0 Å². The quantitative estimate of drug-likeness (QED) is 0.827. The monoisotopic (exact) mass is 223 g/mol. The molecule has 0 aromatic heterocycles. The van der Waals surface area contributed by atoms with E-state index in [1.54, 1.807) is 19.1 Å². The van der Waals surface area contributed by atoms with E-state index in [-0.39, 0.29) is 17.8 Å². The summed E-state index contributed by atoms with van der Waals surface area (Å²) in [5.41, 5.74) is 1.24. The molecule has 1 fully saturated rings. The lowest BCUT2D eigenvalue weighted by atomic mass is 9.79. The molecule has 2 unspecified atom stereocenters. The molecule has 0 aliphatic heterocycles. The van der Waals surface area contributed by atoms with E-state index in [1.165, 1.54) is 6.07 Å². The lowest BCUT2D eigenvalue weighted by Crippen LogP contribution is -2.43. The van der Waals surface area contributed by atoms with E-state index in [9.17, 15) is 9.18 Å². The van der Waals surface area contributed by atoms with Crippen LogP contribution in [0, 0.1) is 18.7 Å². The van der Waals surface area contributed by atoms with E-state index < -0.39 is 5.97 Å². The molecule has 0 saturated heterocycles. The Kier molecular flexibility index (Phi) is 2.81. The maximum atomic E-state index is 13.3. The fourth-order valence-corrected chi connectivity index (χ4v) is 1.87. The third-order valence-corrected chi connectivity index (χ3v) is 3.12. The normalized spacial score (nSPS) is 23.6. The number of halogens is 1. The number of hydrogen-bond acceptors (Lipinski definition) is 2. The van der Waals surface area contributed by atoms with Crippen LogP contribution in [0.15, 0.2) is 18.2 Å². The average Bonchev–Trinajstić information content (AvgIpc) is 2.17. The summed E-state index contributed by atoms with van der Waals surface area (Å²) in [6.45, 7) is 1.70. The summed E-state index contributed by atoms with van der Waals surface area (Å²) in [7, 11) is 0. The van der Waals surface area contributed by atoms with E-state index in [1.807, 2.05) is 0 Å². The second-order valence-corrected chi connectivity index (χ2v) is 4.24. The maximum absolute atomic E-state index is 13.3. The standard InChI is InChI=1S/C12H14FNO2/c1-7-2-3-8(6-10(7)13)14-11-5-4-9(11)12(15)16/h2-3,6,9,11,14H,4-5H2,1H3,(H,15,16). The highest BCUT2D eigenvalue weighted by molar-refractivity contribution is 5.73. The number of anilines is 1. The SMILES string of the molecule is Cc1ccc(NC2CCC2C(=O)O)cc1F. The molecule has 0 radical (unpaired) electrons. The molecule has 0 spiro atoms. The van der Waals surface area contributed by atoms with E-state index in [4.69, 9.17) is 5.11 Å². The average molecular weight is 223 g/mol. The molecule has 0 heterocycles. The molecular formula is C12H14FNO2. The lowest BCUT2D eigenvalue weighted by molar-refractivity contribution is -0.144. The van der Waals surface area contributed by atoms with Crippen molar-refractivity contribution in [1.29, 1.82) is 0 Å². The van der Waals surface area contributed by atoms with Gasteiger partial charge in [-0.25, -0.2) is 4.39 Å². The molecule has 16 heavy (non-hydrogen) atoms. The van der Waals surface area contributed by atoms with E-state index in [0.29, 0.717) is 17.7 Å². The van der Waals surface area contributed by atoms with Gasteiger partial charge in [-0.3, -0.25) is 4.79 Å². The molecule has 0 amide bonds. The van der Waals surface area contributed by atoms with Crippen LogP contribution in [-0.4, -0.2) is 17.1 Å². The Hall–Kier alpha value is -1.58. The van der Waals surface area contributed by atoms with Gasteiger partial charge in [0.15, 0.2) is 0 Å². The molecule has 2 N–H and O–H groups in total. The molecular weight excluding hydrogens is 209 g/mol. The molecule has 1 aromatic carbocycles. The zero-order valence-corrected chi connectivity index (χ0v) is 9.03. The van der Waals surface area contributed by atoms with Crippen LogP contribution in [0.1, 0.15) is 18.4 Å². The van der Waals surface area contributed by atoms with Crippen molar-refractivity contribution in [2.75, 3.05) is 5.32 Å². The number of carboxylic acid groups (broad SMARTS) is 1. The van der Waals surface area contributed by atoms with Crippen molar-refractivity contribution in [3.8, 4) is 0 Å². The zero-order chi connectivity index (χ0) is 11.7. The van der Waals surface area contributed by atoms with Crippen molar-refractivity contribution in [1.82, 2.24) is 0 Å². The number of hydrogen-bond donors (Lipinski definition) is 2. The summed E-state index contributed by atoms with van der Waals surface area (Å²) in [4.78, 5) is 10.8. The first-order valence-electron chi connectivity index (χ1n) is 5.33. The van der Waals surface area contributed by atoms with Crippen LogP contribution in [-0.2, 0) is 4.79 Å². The van der Waals surface area contributed by atoms with Crippen LogP contribution in [0.2, 0.25) is 0 Å². The number of aliphatic carboxylic acids is 1. The lowest BCUT2D eigenvalue weighted by Gasteiger charge is -2.34. The number of nitrogens with one attached hydrogen (secondary N) is 1. The molecule has 1 aliphatic rings. The van der Waals surface area contributed by atoms with Gasteiger partial charge in [0.25, 0.3) is 0 Å². The van der Waals surface area contributed by atoms with Gasteiger partial charge in [-0.2, -0.15) is 0 Å². The third-order valence-electron chi connectivity index (χ3n) is 3.12. The molecule has 2 atom stereocenters. The summed E-state index contributed by atoms with van der Waals surface area (Å²) in [6.07, 6.45) is 1.52. The first-order valence-corrected chi connectivity index (χ1v) is 5.33. The van der Waals surface area contributed by atoms with Crippen LogP contribution >= 0.6 is 0 Å². The number of benzene rings is 1. The predicted molar refractivity (Wildman–Crippen MR) is 58.9 cm³/mol. The predicted octanol–water partition coefficient (Wildman–Crippen LogP) is 2.41. The zero-order valence-electron chi connectivity index (χ0n) is 9.03. The summed E-state index contributed by atoms with van der Waals surface area (Å²) >= 11 is 0. The van der Waals surface area contributed by atoms with Crippen LogP contribution < -0.4 is 5.32 Å². The Labute approximate surface area is 93.3 Å². The van der Waals surface area contributed by atoms with Gasteiger partial charge in [-0.15, -0.1) is 0 Å². The highest BCUT2D eigenvalue weighted by Crippen LogP contribution is 2.30. The van der Waals surface area contributed by atoms with Crippen LogP contribution in [0.25, 0.3) is 0 Å². The fourth-order valence-electron chi connectivity index (χ4n) is 1.87. The van der Waals surface area contributed by atoms with Crippen molar-refractivity contribution in [3.63, 3.8) is 0 Å². The Balaban J connectivity index is 2.04. The second-order valence-electron chi connectivity index (χ2n) is 4.24. The smallest absolute Gasteiger partial charge is 0.308 e. The number of aryl methyl sites for hydroxylation is 1. The maximum Gasteiger partial charge on any atom is 0.308 e. The molecule has 3 nitrogen and oxygen atoms in total. The molecule has 0 bridgehead atoms. The first-order chi connectivity index (χ1) is 7.58. The minimum absolute atomic E-state index is 0.0698. The fraction of sp³-hybridized carbons (Fsp3) is 0.417. The number of carboxylic acids is 1. The first kappa shape index (κ1) is 10.9. The van der Waals surface area contributed by atoms with Crippen molar-refractivity contribution < 1.29 is 14.3 Å². The van der Waals surface area contributed by atoms with Gasteiger partial charge in [-0.1, -0.05) is 6.07 Å². The number of rotatable bonds is 3. The van der Waals surface area contributed by atoms with Crippen LogP contribution in [0.3, 0.4) is 0 Å². The van der Waals surface area contributed by atoms with Gasteiger partial charge in [0.1, 0.15) is 5.82 Å².